The average molecular weight is 420 g/mol. The molecule has 1 aromatic heterocycles. The van der Waals surface area contributed by atoms with Crippen LogP contribution in [-0.2, 0) is 6.42 Å². The molecule has 2 bridgehead atoms. The van der Waals surface area contributed by atoms with Gasteiger partial charge >= 0.3 is 0 Å². The lowest BCUT2D eigenvalue weighted by molar-refractivity contribution is 0.0155. The van der Waals surface area contributed by atoms with E-state index in [0.29, 0.717) is 17.8 Å². The van der Waals surface area contributed by atoms with Gasteiger partial charge in [-0.25, -0.2) is 9.97 Å². The summed E-state index contributed by atoms with van der Waals surface area (Å²) < 4.78 is 0. The molecule has 164 valence electrons. The molecule has 2 aromatic rings. The minimum atomic E-state index is 0.0185. The van der Waals surface area contributed by atoms with Gasteiger partial charge in [-0.1, -0.05) is 50.1 Å². The first-order valence-corrected chi connectivity index (χ1v) is 11.6. The van der Waals surface area contributed by atoms with Gasteiger partial charge in [0.15, 0.2) is 0 Å². The minimum Gasteiger partial charge on any atom is -0.368 e. The molecule has 31 heavy (non-hydrogen) atoms. The highest BCUT2D eigenvalue weighted by molar-refractivity contribution is 5.93. The van der Waals surface area contributed by atoms with Crippen LogP contribution in [0.25, 0.3) is 0 Å². The van der Waals surface area contributed by atoms with Gasteiger partial charge in [-0.3, -0.25) is 9.69 Å². The molecule has 3 heterocycles. The lowest BCUT2D eigenvalue weighted by atomic mass is 9.69. The number of piperidine rings is 1. The maximum absolute atomic E-state index is 13.9. The van der Waals surface area contributed by atoms with E-state index in [9.17, 15) is 4.79 Å². The number of amides is 1. The first-order chi connectivity index (χ1) is 14.9. The van der Waals surface area contributed by atoms with Gasteiger partial charge in [0, 0.05) is 35.3 Å². The van der Waals surface area contributed by atoms with Crippen LogP contribution in [0.1, 0.15) is 60.8 Å². The van der Waals surface area contributed by atoms with E-state index in [2.05, 4.69) is 64.1 Å². The molecule has 0 spiro atoms. The number of aryl methyl sites for hydroxylation is 1. The van der Waals surface area contributed by atoms with Crippen LogP contribution in [0.2, 0.25) is 0 Å². The number of anilines is 1. The summed E-state index contributed by atoms with van der Waals surface area (Å²) in [6, 6.07) is 13.7. The first-order valence-electron chi connectivity index (χ1n) is 11.6. The number of hydrogen-bond donors (Lipinski definition) is 1. The molecule has 1 amide bonds. The van der Waals surface area contributed by atoms with Crippen LogP contribution in [0, 0.1) is 12.3 Å². The highest BCUT2D eigenvalue weighted by atomic mass is 16.2. The molecule has 3 fully saturated rings. The summed E-state index contributed by atoms with van der Waals surface area (Å²) in [4.78, 5) is 27.2. The Morgan fingerprint density at radius 1 is 1.16 bits per heavy atom. The van der Waals surface area contributed by atoms with E-state index < -0.39 is 0 Å². The summed E-state index contributed by atoms with van der Waals surface area (Å²) in [6.45, 7) is 4.29. The molecular weight excluding hydrogens is 386 g/mol. The fraction of sp³-hybridized carbons (Fsp3) is 0.560. The lowest BCUT2D eigenvalue weighted by Gasteiger charge is -2.49. The number of likely N-dealkylation sites (tertiary alicyclic amines) is 2. The number of hydrogen-bond acceptors (Lipinski definition) is 5. The normalized spacial score (nSPS) is 32.7. The molecule has 1 aliphatic carbocycles. The number of rotatable bonds is 3. The standard InChI is InChI=1S/C25H33N5O/c1-16-13-18(28-24(26)27-16)23(31)30-20-15-25(2)21(11-7-8-12-22(25)30)29(3)19(20)14-17-9-5-4-6-10-17/h4-6,9-10,13,19-22H,7-8,11-12,14-15H2,1-3H3,(H2,26,27,28)/t19-,20-,21+,22-,25+/m0/s1. The second-order valence-corrected chi connectivity index (χ2v) is 9.98. The number of carbonyl (C=O) groups is 1. The molecule has 2 N–H and O–H groups in total. The number of nitrogens with two attached hydrogens (primary N) is 1. The van der Waals surface area contributed by atoms with Crippen molar-refractivity contribution in [1.82, 2.24) is 19.8 Å². The molecule has 0 radical (unpaired) electrons. The molecule has 6 nitrogen and oxygen atoms in total. The molecule has 2 aliphatic heterocycles. The monoisotopic (exact) mass is 419 g/mol. The summed E-state index contributed by atoms with van der Waals surface area (Å²) in [5.41, 5.74) is 8.52. The van der Waals surface area contributed by atoms with Crippen molar-refractivity contribution >= 4 is 11.9 Å². The average Bonchev–Trinajstić information content (AvgIpc) is 2.88. The van der Waals surface area contributed by atoms with E-state index in [1.54, 1.807) is 6.07 Å². The van der Waals surface area contributed by atoms with Crippen molar-refractivity contribution in [3.63, 3.8) is 0 Å². The highest BCUT2D eigenvalue weighted by Gasteiger charge is 2.62. The smallest absolute Gasteiger partial charge is 0.273 e. The van der Waals surface area contributed by atoms with Gasteiger partial charge in [-0.05, 0) is 51.3 Å². The summed E-state index contributed by atoms with van der Waals surface area (Å²) in [6.07, 6.45) is 6.70. The Hall–Kier alpha value is -2.47. The predicted octanol–water partition coefficient (Wildman–Crippen LogP) is 3.46. The predicted molar refractivity (Wildman–Crippen MR) is 122 cm³/mol. The van der Waals surface area contributed by atoms with E-state index in [4.69, 9.17) is 5.73 Å². The topological polar surface area (TPSA) is 75.4 Å². The van der Waals surface area contributed by atoms with Gasteiger partial charge in [-0.2, -0.15) is 0 Å². The second-order valence-electron chi connectivity index (χ2n) is 9.98. The maximum Gasteiger partial charge on any atom is 0.273 e. The van der Waals surface area contributed by atoms with Crippen molar-refractivity contribution in [1.29, 1.82) is 0 Å². The van der Waals surface area contributed by atoms with Gasteiger partial charge in [0.25, 0.3) is 5.91 Å². The van der Waals surface area contributed by atoms with E-state index >= 15 is 0 Å². The van der Waals surface area contributed by atoms with Crippen molar-refractivity contribution in [2.24, 2.45) is 5.41 Å². The molecule has 5 atom stereocenters. The zero-order chi connectivity index (χ0) is 21.8. The number of fused-ring (bicyclic) bond motifs is 1. The van der Waals surface area contributed by atoms with Crippen molar-refractivity contribution in [2.75, 3.05) is 12.8 Å². The van der Waals surface area contributed by atoms with Crippen molar-refractivity contribution < 1.29 is 4.79 Å². The Labute approximate surface area is 184 Å². The van der Waals surface area contributed by atoms with Crippen molar-refractivity contribution in [2.45, 2.75) is 76.5 Å². The molecule has 3 aliphatic rings. The van der Waals surface area contributed by atoms with Gasteiger partial charge in [-0.15, -0.1) is 0 Å². The zero-order valence-corrected chi connectivity index (χ0v) is 18.8. The lowest BCUT2D eigenvalue weighted by Crippen LogP contribution is -2.58. The summed E-state index contributed by atoms with van der Waals surface area (Å²) in [7, 11) is 2.28. The van der Waals surface area contributed by atoms with Gasteiger partial charge < -0.3 is 10.6 Å². The largest absolute Gasteiger partial charge is 0.368 e. The number of aromatic nitrogens is 2. The van der Waals surface area contributed by atoms with E-state index in [1.807, 2.05) is 6.92 Å². The molecular formula is C25H33N5O. The Kier molecular flexibility index (Phi) is 5.00. The van der Waals surface area contributed by atoms with Crippen LogP contribution in [0.3, 0.4) is 0 Å². The fourth-order valence-electron chi connectivity index (χ4n) is 6.82. The van der Waals surface area contributed by atoms with Gasteiger partial charge in [0.2, 0.25) is 5.95 Å². The Morgan fingerprint density at radius 2 is 1.87 bits per heavy atom. The fourth-order valence-corrected chi connectivity index (χ4v) is 6.82. The molecule has 2 saturated heterocycles. The quantitative estimate of drug-likeness (QED) is 0.825. The number of carbonyl (C=O) groups excluding carboxylic acids is 1. The molecule has 5 rings (SSSR count). The number of benzene rings is 1. The Balaban J connectivity index is 1.57. The van der Waals surface area contributed by atoms with E-state index in [1.165, 1.54) is 24.8 Å². The second kappa shape index (κ2) is 7.59. The minimum absolute atomic E-state index is 0.0185. The van der Waals surface area contributed by atoms with E-state index in [0.717, 1.165) is 25.0 Å². The van der Waals surface area contributed by atoms with Crippen LogP contribution in [0.15, 0.2) is 36.4 Å². The number of likely N-dealkylation sites (N-methyl/N-ethyl adjacent to an activating group) is 1. The van der Waals surface area contributed by atoms with Crippen LogP contribution < -0.4 is 5.73 Å². The van der Waals surface area contributed by atoms with Crippen LogP contribution in [-0.4, -0.2) is 56.9 Å². The third-order valence-corrected chi connectivity index (χ3v) is 8.14. The van der Waals surface area contributed by atoms with Crippen LogP contribution in [0.5, 0.6) is 0 Å². The van der Waals surface area contributed by atoms with Crippen molar-refractivity contribution in [3.05, 3.63) is 53.3 Å². The third kappa shape index (κ3) is 3.32. The van der Waals surface area contributed by atoms with Crippen molar-refractivity contribution in [3.8, 4) is 0 Å². The molecule has 1 aromatic carbocycles. The number of nitrogen functional groups attached to an aromatic ring is 1. The maximum atomic E-state index is 13.9. The van der Waals surface area contributed by atoms with Gasteiger partial charge in [0.05, 0.1) is 0 Å². The molecule has 1 saturated carbocycles. The molecule has 0 unspecified atom stereocenters. The summed E-state index contributed by atoms with van der Waals surface area (Å²) in [5.74, 6) is 0.193. The first kappa shape index (κ1) is 20.4. The molecule has 6 heteroatoms. The SMILES string of the molecule is Cc1cc(C(=O)N2[C@H]3CCCC[C@H]4N(C)[C@@H](Cc5ccccc5)[C@@H]2C[C@@]34C)nc(N)n1. The Morgan fingerprint density at radius 3 is 2.58 bits per heavy atom. The third-order valence-electron chi connectivity index (χ3n) is 8.14. The van der Waals surface area contributed by atoms with Gasteiger partial charge in [0.1, 0.15) is 5.69 Å². The summed E-state index contributed by atoms with van der Waals surface area (Å²) in [5, 5.41) is 0. The van der Waals surface area contributed by atoms with E-state index in [-0.39, 0.29) is 29.4 Å². The van der Waals surface area contributed by atoms with Crippen LogP contribution >= 0.6 is 0 Å². The summed E-state index contributed by atoms with van der Waals surface area (Å²) >= 11 is 0. The highest BCUT2D eigenvalue weighted by Crippen LogP contribution is 2.55. The van der Waals surface area contributed by atoms with Crippen LogP contribution in [0.4, 0.5) is 5.95 Å². The number of nitrogens with zero attached hydrogens (tertiary/aromatic N) is 4. The Bertz CT molecular complexity index is 959. The zero-order valence-electron chi connectivity index (χ0n) is 18.8.